The molecule has 5 nitrogen and oxygen atoms in total. The summed E-state index contributed by atoms with van der Waals surface area (Å²) < 4.78 is 42.4. The predicted molar refractivity (Wildman–Crippen MR) is 116 cm³/mol. The van der Waals surface area contributed by atoms with E-state index < -0.39 is 23.3 Å². The number of rotatable bonds is 6. The third kappa shape index (κ3) is 4.81. The lowest BCUT2D eigenvalue weighted by Crippen LogP contribution is -2.37. The first-order valence-corrected chi connectivity index (χ1v) is 10.7. The van der Waals surface area contributed by atoms with Crippen LogP contribution in [0.25, 0.3) is 5.69 Å². The lowest BCUT2D eigenvalue weighted by molar-refractivity contribution is -0.143. The lowest BCUT2D eigenvalue weighted by Gasteiger charge is -2.28. The Balaban J connectivity index is 1.59. The third-order valence-corrected chi connectivity index (χ3v) is 5.83. The topological polar surface area (TPSA) is 50.2 Å². The maximum Gasteiger partial charge on any atom is 0.434 e. The van der Waals surface area contributed by atoms with Crippen LogP contribution < -0.4 is 5.32 Å². The third-order valence-electron chi connectivity index (χ3n) is 5.58. The summed E-state index contributed by atoms with van der Waals surface area (Å²) in [5.74, 6) is -0.808. The van der Waals surface area contributed by atoms with Gasteiger partial charge in [0.1, 0.15) is 0 Å². The number of nitrogens with one attached hydrogen (secondary N) is 1. The van der Waals surface area contributed by atoms with Gasteiger partial charge in [-0.15, -0.1) is 0 Å². The Morgan fingerprint density at radius 3 is 2.34 bits per heavy atom. The minimum atomic E-state index is -4.77. The van der Waals surface area contributed by atoms with Crippen molar-refractivity contribution in [2.24, 2.45) is 0 Å². The minimum absolute atomic E-state index is 0.108. The van der Waals surface area contributed by atoms with Crippen LogP contribution in [0.3, 0.4) is 0 Å². The minimum Gasteiger partial charge on any atom is -0.350 e. The number of benzene rings is 2. The Kier molecular flexibility index (Phi) is 6.53. The fraction of sp³-hybridized carbons (Fsp3) is 0.304. The van der Waals surface area contributed by atoms with Gasteiger partial charge < -0.3 is 5.32 Å². The second-order valence-corrected chi connectivity index (χ2v) is 8.11. The summed E-state index contributed by atoms with van der Waals surface area (Å²) in [7, 11) is 0. The van der Waals surface area contributed by atoms with Crippen molar-refractivity contribution in [1.82, 2.24) is 20.0 Å². The first-order chi connectivity index (χ1) is 15.3. The van der Waals surface area contributed by atoms with E-state index in [-0.39, 0.29) is 18.3 Å². The maximum absolute atomic E-state index is 13.9. The van der Waals surface area contributed by atoms with Crippen molar-refractivity contribution >= 4 is 17.5 Å². The summed E-state index contributed by atoms with van der Waals surface area (Å²) in [6.07, 6.45) is -1.69. The Morgan fingerprint density at radius 2 is 1.72 bits per heavy atom. The average Bonchev–Trinajstić information content (AvgIpc) is 3.45. The molecule has 1 aromatic heterocycles. The Bertz CT molecular complexity index is 1060. The number of likely N-dealkylation sites (tertiary alicyclic amines) is 1. The number of hydrogen-bond acceptors (Lipinski definition) is 3. The van der Waals surface area contributed by atoms with Crippen LogP contribution in [-0.2, 0) is 6.18 Å². The molecule has 0 spiro atoms. The van der Waals surface area contributed by atoms with Crippen LogP contribution >= 0.6 is 11.6 Å². The highest BCUT2D eigenvalue weighted by molar-refractivity contribution is 6.30. The van der Waals surface area contributed by atoms with Crippen LogP contribution in [-0.4, -0.2) is 40.2 Å². The number of carbonyl (C=O) groups excluding carboxylic acids is 1. The molecule has 1 unspecified atom stereocenters. The fourth-order valence-electron chi connectivity index (χ4n) is 4.04. The van der Waals surface area contributed by atoms with Gasteiger partial charge in [-0.25, -0.2) is 4.68 Å². The van der Waals surface area contributed by atoms with E-state index in [0.717, 1.165) is 42.4 Å². The average molecular weight is 463 g/mol. The van der Waals surface area contributed by atoms with Gasteiger partial charge in [0.25, 0.3) is 5.91 Å². The van der Waals surface area contributed by atoms with Crippen molar-refractivity contribution in [1.29, 1.82) is 0 Å². The molecule has 0 bridgehead atoms. The fourth-order valence-corrected chi connectivity index (χ4v) is 4.16. The number of aromatic nitrogens is 2. The van der Waals surface area contributed by atoms with Crippen molar-refractivity contribution in [3.63, 3.8) is 0 Å². The van der Waals surface area contributed by atoms with Crippen molar-refractivity contribution < 1.29 is 18.0 Å². The zero-order valence-electron chi connectivity index (χ0n) is 17.1. The molecular formula is C23H22ClF3N4O. The molecule has 3 aromatic rings. The predicted octanol–water partition coefficient (Wildman–Crippen LogP) is 5.11. The molecule has 0 radical (unpaired) electrons. The second kappa shape index (κ2) is 9.34. The van der Waals surface area contributed by atoms with E-state index in [1.807, 2.05) is 30.3 Å². The molecule has 168 valence electrons. The van der Waals surface area contributed by atoms with Crippen LogP contribution in [0.4, 0.5) is 13.2 Å². The molecule has 1 saturated heterocycles. The summed E-state index contributed by atoms with van der Waals surface area (Å²) in [6, 6.07) is 15.3. The molecule has 1 atom stereocenters. The van der Waals surface area contributed by atoms with Crippen molar-refractivity contribution in [2.45, 2.75) is 25.1 Å². The highest BCUT2D eigenvalue weighted by atomic mass is 35.5. The number of halogens is 4. The molecular weight excluding hydrogens is 441 g/mol. The highest BCUT2D eigenvalue weighted by Crippen LogP contribution is 2.34. The Labute approximate surface area is 188 Å². The van der Waals surface area contributed by atoms with Crippen LogP contribution in [0.5, 0.6) is 0 Å². The lowest BCUT2D eigenvalue weighted by atomic mass is 10.1. The smallest absolute Gasteiger partial charge is 0.350 e. The summed E-state index contributed by atoms with van der Waals surface area (Å²) >= 11 is 5.84. The molecule has 0 aliphatic carbocycles. The quantitative estimate of drug-likeness (QED) is 0.553. The molecule has 9 heteroatoms. The maximum atomic E-state index is 13.9. The van der Waals surface area contributed by atoms with E-state index in [2.05, 4.69) is 15.3 Å². The van der Waals surface area contributed by atoms with E-state index in [4.69, 9.17) is 11.6 Å². The van der Waals surface area contributed by atoms with E-state index in [1.165, 1.54) is 24.3 Å². The molecule has 1 aliphatic rings. The van der Waals surface area contributed by atoms with Crippen molar-refractivity contribution in [2.75, 3.05) is 19.6 Å². The zero-order chi connectivity index (χ0) is 22.7. The summed E-state index contributed by atoms with van der Waals surface area (Å²) in [5, 5.41) is 6.94. The monoisotopic (exact) mass is 462 g/mol. The van der Waals surface area contributed by atoms with E-state index in [1.54, 1.807) is 0 Å². The number of nitrogens with zero attached hydrogens (tertiary/aromatic N) is 3. The Hall–Kier alpha value is -2.84. The molecule has 32 heavy (non-hydrogen) atoms. The van der Waals surface area contributed by atoms with Gasteiger partial charge in [-0.2, -0.15) is 18.3 Å². The number of carbonyl (C=O) groups is 1. The normalized spacial score (nSPS) is 15.6. The molecule has 2 aromatic carbocycles. The number of alkyl halides is 3. The van der Waals surface area contributed by atoms with Crippen LogP contribution in [0, 0.1) is 0 Å². The van der Waals surface area contributed by atoms with Crippen LogP contribution in [0.15, 0.2) is 60.8 Å². The van der Waals surface area contributed by atoms with Gasteiger partial charge in [0, 0.05) is 11.6 Å². The second-order valence-electron chi connectivity index (χ2n) is 7.67. The first kappa shape index (κ1) is 22.4. The molecule has 0 saturated carbocycles. The van der Waals surface area contributed by atoms with Gasteiger partial charge >= 0.3 is 6.18 Å². The molecule has 1 N–H and O–H groups in total. The van der Waals surface area contributed by atoms with E-state index >= 15 is 0 Å². The highest BCUT2D eigenvalue weighted by Gasteiger charge is 2.40. The van der Waals surface area contributed by atoms with Crippen LogP contribution in [0.2, 0.25) is 5.02 Å². The van der Waals surface area contributed by atoms with Gasteiger partial charge in [0.2, 0.25) is 0 Å². The van der Waals surface area contributed by atoms with Crippen LogP contribution in [0.1, 0.15) is 40.5 Å². The molecule has 2 heterocycles. The van der Waals surface area contributed by atoms with Gasteiger partial charge in [0.15, 0.2) is 5.69 Å². The van der Waals surface area contributed by atoms with Gasteiger partial charge in [0.05, 0.1) is 23.5 Å². The number of hydrogen-bond donors (Lipinski definition) is 1. The SMILES string of the molecule is O=C(NCC(c1ccccc1)N1CCCC1)c1cnn(-c2ccc(Cl)cc2)c1C(F)(F)F. The van der Waals surface area contributed by atoms with Crippen molar-refractivity contribution in [3.8, 4) is 5.69 Å². The van der Waals surface area contributed by atoms with Gasteiger partial charge in [-0.3, -0.25) is 9.69 Å². The Morgan fingerprint density at radius 1 is 1.06 bits per heavy atom. The largest absolute Gasteiger partial charge is 0.434 e. The zero-order valence-corrected chi connectivity index (χ0v) is 17.9. The summed E-state index contributed by atoms with van der Waals surface area (Å²) in [6.45, 7) is 1.97. The molecule has 1 fully saturated rings. The summed E-state index contributed by atoms with van der Waals surface area (Å²) in [5.41, 5.74) is -0.446. The standard InChI is InChI=1S/C23H22ClF3N4O/c24-17-8-10-18(11-9-17)31-21(23(25,26)27)19(14-29-31)22(32)28-15-20(30-12-4-5-13-30)16-6-2-1-3-7-16/h1-3,6-11,14,20H,4-5,12-13,15H2,(H,28,32). The number of amides is 1. The van der Waals surface area contributed by atoms with E-state index in [9.17, 15) is 18.0 Å². The molecule has 1 aliphatic heterocycles. The van der Waals surface area contributed by atoms with E-state index in [0.29, 0.717) is 5.02 Å². The van der Waals surface area contributed by atoms with Gasteiger partial charge in [-0.1, -0.05) is 41.9 Å². The summed E-state index contributed by atoms with van der Waals surface area (Å²) in [4.78, 5) is 15.1. The van der Waals surface area contributed by atoms with Crippen molar-refractivity contribution in [3.05, 3.63) is 82.6 Å². The van der Waals surface area contributed by atoms with Gasteiger partial charge in [-0.05, 0) is 55.8 Å². The first-order valence-electron chi connectivity index (χ1n) is 10.3. The molecule has 4 rings (SSSR count). The molecule has 1 amide bonds.